The summed E-state index contributed by atoms with van der Waals surface area (Å²) in [4.78, 5) is 13.0. The van der Waals surface area contributed by atoms with E-state index in [-0.39, 0.29) is 11.5 Å². The molecule has 0 bridgehead atoms. The number of hydrogen-bond acceptors (Lipinski definition) is 8. The molecule has 4 aromatic rings. The molecule has 0 saturated carbocycles. The third-order valence-electron chi connectivity index (χ3n) is 5.45. The maximum atomic E-state index is 13.0. The predicted octanol–water partition coefficient (Wildman–Crippen LogP) is 5.41. The number of ketones is 1. The van der Waals surface area contributed by atoms with Crippen LogP contribution < -0.4 is 18.9 Å². The Hall–Kier alpha value is -3.98. The highest BCUT2D eigenvalue weighted by Gasteiger charge is 2.23. The normalized spacial score (nSPS) is 11.6. The van der Waals surface area contributed by atoms with E-state index in [9.17, 15) is 4.79 Å². The second kappa shape index (κ2) is 11.6. The lowest BCUT2D eigenvalue weighted by atomic mass is 10.1. The van der Waals surface area contributed by atoms with Crippen molar-refractivity contribution in [3.8, 4) is 28.7 Å². The zero-order chi connectivity index (χ0) is 25.5. The fourth-order valence-corrected chi connectivity index (χ4v) is 4.49. The Morgan fingerprint density at radius 3 is 2.17 bits per heavy atom. The molecule has 0 amide bonds. The minimum atomic E-state index is -0.440. The molecule has 3 aromatic carbocycles. The highest BCUT2D eigenvalue weighted by Crippen LogP contribution is 2.33. The van der Waals surface area contributed by atoms with Gasteiger partial charge in [0.2, 0.25) is 0 Å². The van der Waals surface area contributed by atoms with E-state index >= 15 is 0 Å². The van der Waals surface area contributed by atoms with E-state index in [2.05, 4.69) is 10.2 Å². The fourth-order valence-electron chi connectivity index (χ4n) is 3.64. The van der Waals surface area contributed by atoms with Crippen molar-refractivity contribution in [1.29, 1.82) is 0 Å². The Labute approximate surface area is 214 Å². The Kier molecular flexibility index (Phi) is 8.12. The summed E-state index contributed by atoms with van der Waals surface area (Å²) in [5.74, 6) is 3.02. The lowest BCUT2D eigenvalue weighted by Crippen LogP contribution is -2.12. The molecule has 0 N–H and O–H groups in total. The van der Waals surface area contributed by atoms with Gasteiger partial charge in [-0.05, 0) is 49.4 Å². The van der Waals surface area contributed by atoms with Crippen LogP contribution in [0.1, 0.15) is 29.2 Å². The fraction of sp³-hybridized carbons (Fsp3) is 0.222. The standard InChI is InChI=1S/C27H27N3O5S/c1-18(35-24-13-9-8-12-22(24)32-2)26-28-29-27(30(26)20-10-6-5-7-11-20)36-17-21(31)19-14-15-23(33-3)25(16-19)34-4/h5-16,18H,17H2,1-4H3. The average molecular weight is 506 g/mol. The molecule has 8 nitrogen and oxygen atoms in total. The highest BCUT2D eigenvalue weighted by atomic mass is 32.2. The van der Waals surface area contributed by atoms with Crippen molar-refractivity contribution in [1.82, 2.24) is 14.8 Å². The number of thioether (sulfide) groups is 1. The Bertz CT molecular complexity index is 1330. The molecule has 1 heterocycles. The smallest absolute Gasteiger partial charge is 0.196 e. The van der Waals surface area contributed by atoms with Gasteiger partial charge in [0.15, 0.2) is 45.9 Å². The molecule has 9 heteroatoms. The van der Waals surface area contributed by atoms with E-state index in [1.807, 2.05) is 66.1 Å². The summed E-state index contributed by atoms with van der Waals surface area (Å²) in [6, 6.07) is 22.3. The second-order valence-electron chi connectivity index (χ2n) is 7.70. The van der Waals surface area contributed by atoms with Gasteiger partial charge in [-0.15, -0.1) is 10.2 Å². The van der Waals surface area contributed by atoms with Crippen molar-refractivity contribution in [2.24, 2.45) is 0 Å². The average Bonchev–Trinajstić information content (AvgIpc) is 3.36. The lowest BCUT2D eigenvalue weighted by molar-refractivity contribution is 0.102. The van der Waals surface area contributed by atoms with Gasteiger partial charge >= 0.3 is 0 Å². The second-order valence-corrected chi connectivity index (χ2v) is 8.65. The molecule has 0 radical (unpaired) electrons. The van der Waals surface area contributed by atoms with Crippen molar-refractivity contribution in [3.63, 3.8) is 0 Å². The number of Topliss-reactive ketones (excluding diaryl/α,β-unsaturated/α-hetero) is 1. The van der Waals surface area contributed by atoms with E-state index in [1.165, 1.54) is 11.8 Å². The molecule has 0 spiro atoms. The van der Waals surface area contributed by atoms with Gasteiger partial charge in [0, 0.05) is 11.3 Å². The first-order valence-corrected chi connectivity index (χ1v) is 12.2. The van der Waals surface area contributed by atoms with Crippen LogP contribution in [0.2, 0.25) is 0 Å². The third-order valence-corrected chi connectivity index (χ3v) is 6.38. The number of nitrogens with zero attached hydrogens (tertiary/aromatic N) is 3. The van der Waals surface area contributed by atoms with Crippen LogP contribution in [0.3, 0.4) is 0 Å². The predicted molar refractivity (Wildman–Crippen MR) is 138 cm³/mol. The summed E-state index contributed by atoms with van der Waals surface area (Å²) in [5.41, 5.74) is 1.40. The Morgan fingerprint density at radius 1 is 0.833 bits per heavy atom. The van der Waals surface area contributed by atoms with E-state index in [4.69, 9.17) is 18.9 Å². The summed E-state index contributed by atoms with van der Waals surface area (Å²) in [6.07, 6.45) is -0.440. The Balaban J connectivity index is 1.59. The third kappa shape index (κ3) is 5.46. The summed E-state index contributed by atoms with van der Waals surface area (Å²) in [5, 5.41) is 9.40. The van der Waals surface area contributed by atoms with Crippen molar-refractivity contribution in [2.75, 3.05) is 27.1 Å². The summed E-state index contributed by atoms with van der Waals surface area (Å²) >= 11 is 1.31. The monoisotopic (exact) mass is 505 g/mol. The number of hydrogen-bond donors (Lipinski definition) is 0. The van der Waals surface area contributed by atoms with Crippen LogP contribution in [0.15, 0.2) is 78.0 Å². The molecular weight excluding hydrogens is 478 g/mol. The molecule has 1 atom stereocenters. The first-order chi connectivity index (χ1) is 17.5. The SMILES string of the molecule is COc1ccc(C(=O)CSc2nnc(C(C)Oc3ccccc3OC)n2-c2ccccc2)cc1OC. The number of para-hydroxylation sites is 3. The number of carbonyl (C=O) groups is 1. The van der Waals surface area contributed by atoms with E-state index < -0.39 is 6.10 Å². The van der Waals surface area contributed by atoms with Crippen LogP contribution in [0.5, 0.6) is 23.0 Å². The van der Waals surface area contributed by atoms with Gasteiger partial charge < -0.3 is 18.9 Å². The number of carbonyl (C=O) groups excluding carboxylic acids is 1. The van der Waals surface area contributed by atoms with E-state index in [0.717, 1.165) is 5.69 Å². The van der Waals surface area contributed by atoms with Gasteiger partial charge in [-0.2, -0.15) is 0 Å². The van der Waals surface area contributed by atoms with Crippen LogP contribution in [-0.4, -0.2) is 47.6 Å². The first kappa shape index (κ1) is 25.1. The van der Waals surface area contributed by atoms with Crippen molar-refractivity contribution >= 4 is 17.5 Å². The summed E-state index contributed by atoms with van der Waals surface area (Å²) < 4.78 is 24.1. The van der Waals surface area contributed by atoms with Crippen LogP contribution in [-0.2, 0) is 0 Å². The van der Waals surface area contributed by atoms with Gasteiger partial charge in [-0.1, -0.05) is 42.1 Å². The van der Waals surface area contributed by atoms with Crippen molar-refractivity contribution < 1.29 is 23.7 Å². The number of methoxy groups -OCH3 is 3. The van der Waals surface area contributed by atoms with Gasteiger partial charge in [0.25, 0.3) is 0 Å². The molecule has 0 aliphatic carbocycles. The molecular formula is C27H27N3O5S. The van der Waals surface area contributed by atoms with Crippen LogP contribution in [0.4, 0.5) is 0 Å². The largest absolute Gasteiger partial charge is 0.493 e. The number of aromatic nitrogens is 3. The number of rotatable bonds is 11. The Morgan fingerprint density at radius 2 is 1.47 bits per heavy atom. The minimum absolute atomic E-state index is 0.0663. The van der Waals surface area contributed by atoms with Gasteiger partial charge in [0.1, 0.15) is 0 Å². The van der Waals surface area contributed by atoms with Gasteiger partial charge in [-0.25, -0.2) is 0 Å². The van der Waals surface area contributed by atoms with Crippen LogP contribution in [0, 0.1) is 0 Å². The van der Waals surface area contributed by atoms with Crippen LogP contribution >= 0.6 is 11.8 Å². The molecule has 1 unspecified atom stereocenters. The lowest BCUT2D eigenvalue weighted by Gasteiger charge is -2.18. The maximum Gasteiger partial charge on any atom is 0.196 e. The van der Waals surface area contributed by atoms with Crippen LogP contribution in [0.25, 0.3) is 5.69 Å². The molecule has 0 saturated heterocycles. The molecule has 1 aromatic heterocycles. The van der Waals surface area contributed by atoms with E-state index in [1.54, 1.807) is 39.5 Å². The summed E-state index contributed by atoms with van der Waals surface area (Å²) in [7, 11) is 4.70. The maximum absolute atomic E-state index is 13.0. The van der Waals surface area contributed by atoms with Gasteiger partial charge in [0.05, 0.1) is 27.1 Å². The molecule has 0 aliphatic rings. The molecule has 36 heavy (non-hydrogen) atoms. The van der Waals surface area contributed by atoms with Crippen molar-refractivity contribution in [3.05, 3.63) is 84.2 Å². The quantitative estimate of drug-likeness (QED) is 0.198. The zero-order valence-electron chi connectivity index (χ0n) is 20.5. The highest BCUT2D eigenvalue weighted by molar-refractivity contribution is 7.99. The molecule has 0 fully saturated rings. The molecule has 0 aliphatic heterocycles. The topological polar surface area (TPSA) is 84.7 Å². The zero-order valence-corrected chi connectivity index (χ0v) is 21.3. The molecule has 186 valence electrons. The van der Waals surface area contributed by atoms with Crippen molar-refractivity contribution in [2.45, 2.75) is 18.2 Å². The summed E-state index contributed by atoms with van der Waals surface area (Å²) in [6.45, 7) is 1.90. The number of ether oxygens (including phenoxy) is 4. The minimum Gasteiger partial charge on any atom is -0.493 e. The first-order valence-electron chi connectivity index (χ1n) is 11.2. The van der Waals surface area contributed by atoms with Gasteiger partial charge in [-0.3, -0.25) is 9.36 Å². The number of benzene rings is 3. The molecule has 4 rings (SSSR count). The van der Waals surface area contributed by atoms with E-state index in [0.29, 0.717) is 39.5 Å².